The number of ether oxygens (including phenoxy) is 1. The minimum atomic E-state index is -0.864. The molecule has 0 saturated carbocycles. The first-order valence-electron chi connectivity index (χ1n) is 9.27. The first-order chi connectivity index (χ1) is 14.5. The lowest BCUT2D eigenvalue weighted by atomic mass is 9.99. The van der Waals surface area contributed by atoms with E-state index in [1.165, 1.54) is 0 Å². The predicted molar refractivity (Wildman–Crippen MR) is 118 cm³/mol. The van der Waals surface area contributed by atoms with E-state index in [2.05, 4.69) is 12.1 Å². The molecule has 0 fully saturated rings. The number of hydroxylamine groups is 1. The predicted octanol–water partition coefficient (Wildman–Crippen LogP) is 5.33. The van der Waals surface area contributed by atoms with Crippen molar-refractivity contribution in [3.05, 3.63) is 95.0 Å². The number of hydrogen-bond acceptors (Lipinski definition) is 4. The highest BCUT2D eigenvalue weighted by molar-refractivity contribution is 6.30. The third kappa shape index (κ3) is 5.63. The average molecular weight is 424 g/mol. The molecule has 0 saturated heterocycles. The third-order valence-corrected chi connectivity index (χ3v) is 4.70. The Morgan fingerprint density at radius 3 is 2.50 bits per heavy atom. The van der Waals surface area contributed by atoms with Gasteiger partial charge in [0, 0.05) is 10.6 Å². The van der Waals surface area contributed by atoms with Crippen LogP contribution in [0.2, 0.25) is 5.02 Å². The zero-order valence-corrected chi connectivity index (χ0v) is 17.3. The van der Waals surface area contributed by atoms with Crippen molar-refractivity contribution >= 4 is 23.3 Å². The molecule has 0 aliphatic heterocycles. The molecule has 0 aliphatic carbocycles. The van der Waals surface area contributed by atoms with Gasteiger partial charge in [0.2, 0.25) is 0 Å². The van der Waals surface area contributed by atoms with Crippen LogP contribution in [0, 0.1) is 0 Å². The zero-order chi connectivity index (χ0) is 21.5. The number of carboxylic acid groups (broad SMARTS) is 1. The normalized spacial score (nSPS) is 10.5. The van der Waals surface area contributed by atoms with Crippen LogP contribution >= 0.6 is 11.6 Å². The van der Waals surface area contributed by atoms with Gasteiger partial charge in [-0.3, -0.25) is 15.1 Å². The van der Waals surface area contributed by atoms with E-state index in [0.717, 1.165) is 27.8 Å². The minimum absolute atomic E-state index is 0.0253. The van der Waals surface area contributed by atoms with Crippen LogP contribution in [0.25, 0.3) is 16.8 Å². The summed E-state index contributed by atoms with van der Waals surface area (Å²) in [6.07, 6.45) is -0.0253. The lowest BCUT2D eigenvalue weighted by Gasteiger charge is -2.15. The van der Waals surface area contributed by atoms with Crippen molar-refractivity contribution < 1.29 is 19.5 Å². The summed E-state index contributed by atoms with van der Waals surface area (Å²) in [4.78, 5) is 16.6. The maximum Gasteiger partial charge on any atom is 0.307 e. The van der Waals surface area contributed by atoms with Crippen LogP contribution in [-0.4, -0.2) is 18.2 Å². The Bertz CT molecular complexity index is 1060. The van der Waals surface area contributed by atoms with Gasteiger partial charge < -0.3 is 9.84 Å². The highest BCUT2D eigenvalue weighted by Gasteiger charge is 2.11. The molecule has 0 amide bonds. The van der Waals surface area contributed by atoms with E-state index >= 15 is 0 Å². The summed E-state index contributed by atoms with van der Waals surface area (Å²) in [5.74, 6) is -0.221. The number of methoxy groups -OCH3 is 1. The summed E-state index contributed by atoms with van der Waals surface area (Å²) < 4.78 is 5.46. The van der Waals surface area contributed by atoms with Gasteiger partial charge in [-0.2, -0.15) is 0 Å². The largest absolute Gasteiger partial charge is 0.496 e. The lowest BCUT2D eigenvalue weighted by molar-refractivity contribution is -0.136. The number of aliphatic carboxylic acids is 1. The Balaban J connectivity index is 1.77. The van der Waals surface area contributed by atoms with Crippen molar-refractivity contribution in [3.63, 3.8) is 0 Å². The number of halogens is 1. The second-order valence-electron chi connectivity index (χ2n) is 6.69. The van der Waals surface area contributed by atoms with Crippen LogP contribution < -0.4 is 10.2 Å². The molecule has 0 heterocycles. The van der Waals surface area contributed by atoms with Crippen molar-refractivity contribution in [1.29, 1.82) is 0 Å². The number of hydrogen-bond donors (Lipinski definition) is 2. The van der Waals surface area contributed by atoms with Gasteiger partial charge in [0.1, 0.15) is 5.75 Å². The molecular weight excluding hydrogens is 402 g/mol. The number of nitrogens with one attached hydrogen (secondary N) is 1. The fourth-order valence-corrected chi connectivity index (χ4v) is 3.26. The monoisotopic (exact) mass is 423 g/mol. The summed E-state index contributed by atoms with van der Waals surface area (Å²) in [7, 11) is 1.59. The van der Waals surface area contributed by atoms with Crippen molar-refractivity contribution in [2.45, 2.75) is 13.0 Å². The molecule has 3 aromatic carbocycles. The van der Waals surface area contributed by atoms with Crippen molar-refractivity contribution in [1.82, 2.24) is 5.48 Å². The molecule has 0 aromatic heterocycles. The van der Waals surface area contributed by atoms with Gasteiger partial charge in [-0.1, -0.05) is 60.6 Å². The van der Waals surface area contributed by atoms with E-state index in [-0.39, 0.29) is 6.42 Å². The maximum absolute atomic E-state index is 11.0. The fraction of sp³-hybridized carbons (Fsp3) is 0.125. The molecule has 154 valence electrons. The van der Waals surface area contributed by atoms with Crippen LogP contribution in [0.4, 0.5) is 0 Å². The van der Waals surface area contributed by atoms with Gasteiger partial charge in [-0.05, 0) is 46.5 Å². The van der Waals surface area contributed by atoms with Gasteiger partial charge in [-0.15, -0.1) is 0 Å². The number of carboxylic acids is 1. The van der Waals surface area contributed by atoms with Crippen molar-refractivity contribution in [3.8, 4) is 16.9 Å². The molecule has 0 spiro atoms. The fourth-order valence-electron chi connectivity index (χ4n) is 3.05. The Hall–Kier alpha value is -3.28. The Labute approximate surface area is 180 Å². The van der Waals surface area contributed by atoms with Gasteiger partial charge in [0.05, 0.1) is 25.8 Å². The molecule has 0 bridgehead atoms. The highest BCUT2D eigenvalue weighted by atomic mass is 35.5. The van der Waals surface area contributed by atoms with Crippen LogP contribution in [0.5, 0.6) is 5.75 Å². The van der Waals surface area contributed by atoms with E-state index in [1.54, 1.807) is 19.2 Å². The Kier molecular flexibility index (Phi) is 7.12. The number of benzene rings is 3. The molecule has 0 radical (unpaired) electrons. The van der Waals surface area contributed by atoms with E-state index < -0.39 is 5.97 Å². The topological polar surface area (TPSA) is 67.8 Å². The molecule has 0 atom stereocenters. The SMILES string of the molecule is C=C(NOCc1cccc(Cl)c1)c1cc(-c2cccc(CC(=O)O)c2)ccc1OC. The summed E-state index contributed by atoms with van der Waals surface area (Å²) in [5, 5.41) is 9.68. The molecular formula is C24H22ClNO4. The Morgan fingerprint density at radius 1 is 1.03 bits per heavy atom. The average Bonchev–Trinajstić information content (AvgIpc) is 2.73. The Morgan fingerprint density at radius 2 is 1.77 bits per heavy atom. The molecule has 2 N–H and O–H groups in total. The second-order valence-corrected chi connectivity index (χ2v) is 7.12. The van der Waals surface area contributed by atoms with E-state index in [9.17, 15) is 4.79 Å². The van der Waals surface area contributed by atoms with E-state index in [4.69, 9.17) is 26.3 Å². The van der Waals surface area contributed by atoms with Crippen LogP contribution in [-0.2, 0) is 22.7 Å². The zero-order valence-electron chi connectivity index (χ0n) is 16.5. The molecule has 0 unspecified atom stereocenters. The van der Waals surface area contributed by atoms with E-state index in [1.807, 2.05) is 54.6 Å². The molecule has 6 heteroatoms. The van der Waals surface area contributed by atoms with Gasteiger partial charge in [0.25, 0.3) is 0 Å². The highest BCUT2D eigenvalue weighted by Crippen LogP contribution is 2.30. The van der Waals surface area contributed by atoms with Crippen LogP contribution in [0.15, 0.2) is 73.3 Å². The summed E-state index contributed by atoms with van der Waals surface area (Å²) in [5.41, 5.74) is 7.63. The molecule has 5 nitrogen and oxygen atoms in total. The van der Waals surface area contributed by atoms with Crippen molar-refractivity contribution in [2.75, 3.05) is 7.11 Å². The lowest BCUT2D eigenvalue weighted by Crippen LogP contribution is -2.13. The van der Waals surface area contributed by atoms with Gasteiger partial charge in [0.15, 0.2) is 0 Å². The first kappa shape index (κ1) is 21.4. The first-order valence-corrected chi connectivity index (χ1v) is 9.64. The summed E-state index contributed by atoms with van der Waals surface area (Å²) >= 11 is 5.99. The standard InChI is InChI=1S/C24H22ClNO4/c1-16(26-30-15-18-6-4-8-21(25)12-18)22-14-20(9-10-23(22)29-2)19-7-3-5-17(11-19)13-24(27)28/h3-12,14,26H,1,13,15H2,2H3,(H,27,28). The van der Waals surface area contributed by atoms with Crippen LogP contribution in [0.3, 0.4) is 0 Å². The van der Waals surface area contributed by atoms with E-state index in [0.29, 0.717) is 23.1 Å². The third-order valence-electron chi connectivity index (χ3n) is 4.46. The maximum atomic E-state index is 11.0. The quantitative estimate of drug-likeness (QED) is 0.455. The summed E-state index contributed by atoms with van der Waals surface area (Å²) in [6, 6.07) is 20.6. The number of rotatable bonds is 9. The van der Waals surface area contributed by atoms with Crippen LogP contribution in [0.1, 0.15) is 16.7 Å². The second kappa shape index (κ2) is 9.96. The van der Waals surface area contributed by atoms with Gasteiger partial charge >= 0.3 is 5.97 Å². The molecule has 3 rings (SSSR count). The van der Waals surface area contributed by atoms with Gasteiger partial charge in [-0.25, -0.2) is 0 Å². The van der Waals surface area contributed by atoms with Crippen molar-refractivity contribution in [2.24, 2.45) is 0 Å². The molecule has 30 heavy (non-hydrogen) atoms. The smallest absolute Gasteiger partial charge is 0.307 e. The molecule has 0 aliphatic rings. The summed E-state index contributed by atoms with van der Waals surface area (Å²) in [6.45, 7) is 4.37. The molecule has 3 aromatic rings. The number of carbonyl (C=O) groups is 1. The minimum Gasteiger partial charge on any atom is -0.496 e.